The van der Waals surface area contributed by atoms with Crippen LogP contribution in [0, 0.1) is 5.92 Å². The van der Waals surface area contributed by atoms with Crippen molar-refractivity contribution in [1.82, 2.24) is 0 Å². The molecule has 0 spiro atoms. The summed E-state index contributed by atoms with van der Waals surface area (Å²) in [6.45, 7) is 6.82. The average Bonchev–Trinajstić information content (AvgIpc) is 2.63. The second-order valence-electron chi connectivity index (χ2n) is 5.18. The molecule has 100 valence electrons. The lowest BCUT2D eigenvalue weighted by atomic mass is 9.80. The molecule has 1 saturated heterocycles. The van der Waals surface area contributed by atoms with E-state index >= 15 is 0 Å². The topological polar surface area (TPSA) is 61.8 Å². The van der Waals surface area contributed by atoms with Crippen molar-refractivity contribution < 1.29 is 23.8 Å². The molecule has 1 aliphatic carbocycles. The van der Waals surface area contributed by atoms with E-state index in [1.54, 1.807) is 6.92 Å². The molecule has 1 saturated carbocycles. The molecule has 0 N–H and O–H groups in total. The Morgan fingerprint density at radius 3 is 3.00 bits per heavy atom. The van der Waals surface area contributed by atoms with Gasteiger partial charge in [-0.3, -0.25) is 4.79 Å². The van der Waals surface area contributed by atoms with Gasteiger partial charge >= 0.3 is 11.9 Å². The molecule has 0 aromatic rings. The van der Waals surface area contributed by atoms with Gasteiger partial charge in [-0.05, 0) is 26.7 Å². The predicted octanol–water partition coefficient (Wildman–Crippen LogP) is 1.56. The molecule has 2 bridgehead atoms. The van der Waals surface area contributed by atoms with Crippen molar-refractivity contribution >= 4 is 11.9 Å². The van der Waals surface area contributed by atoms with E-state index in [9.17, 15) is 9.59 Å². The van der Waals surface area contributed by atoms with Gasteiger partial charge in [-0.1, -0.05) is 6.58 Å². The molecule has 18 heavy (non-hydrogen) atoms. The summed E-state index contributed by atoms with van der Waals surface area (Å²) in [5, 5.41) is 0. The first kappa shape index (κ1) is 13.1. The van der Waals surface area contributed by atoms with Crippen LogP contribution in [0.5, 0.6) is 0 Å². The highest BCUT2D eigenvalue weighted by Gasteiger charge is 2.50. The van der Waals surface area contributed by atoms with Gasteiger partial charge in [0.15, 0.2) is 6.79 Å². The van der Waals surface area contributed by atoms with Crippen LogP contribution in [0.15, 0.2) is 12.2 Å². The molecule has 1 aliphatic heterocycles. The Balaban J connectivity index is 1.87. The van der Waals surface area contributed by atoms with Crippen LogP contribution in [0.25, 0.3) is 0 Å². The van der Waals surface area contributed by atoms with Crippen molar-refractivity contribution in [3.05, 3.63) is 12.2 Å². The van der Waals surface area contributed by atoms with Crippen LogP contribution >= 0.6 is 0 Å². The summed E-state index contributed by atoms with van der Waals surface area (Å²) in [5.41, 5.74) is -0.224. The third kappa shape index (κ3) is 2.41. The molecule has 1 heterocycles. The lowest BCUT2D eigenvalue weighted by Crippen LogP contribution is -2.44. The fourth-order valence-electron chi connectivity index (χ4n) is 2.38. The molecule has 5 heteroatoms. The summed E-state index contributed by atoms with van der Waals surface area (Å²) < 4.78 is 15.8. The maximum Gasteiger partial charge on any atom is 0.335 e. The standard InChI is InChI=1S/C13H18O5/c1-8(2)11(14)16-7-17-13(3)5-4-9-6-10(13)18-12(9)15/h9-10H,1,4-7H2,2-3H3. The highest BCUT2D eigenvalue weighted by atomic mass is 16.7. The summed E-state index contributed by atoms with van der Waals surface area (Å²) in [5.74, 6) is -0.591. The highest BCUT2D eigenvalue weighted by molar-refractivity contribution is 5.86. The second kappa shape index (κ2) is 4.72. The summed E-state index contributed by atoms with van der Waals surface area (Å²) in [6, 6.07) is 0. The molecule has 0 aromatic heterocycles. The number of rotatable bonds is 4. The number of carbonyl (C=O) groups excluding carboxylic acids is 2. The zero-order chi connectivity index (χ0) is 13.3. The van der Waals surface area contributed by atoms with Gasteiger partial charge in [0.1, 0.15) is 11.7 Å². The van der Waals surface area contributed by atoms with E-state index in [1.807, 2.05) is 6.92 Å². The van der Waals surface area contributed by atoms with Crippen molar-refractivity contribution in [2.75, 3.05) is 6.79 Å². The van der Waals surface area contributed by atoms with E-state index < -0.39 is 11.6 Å². The lowest BCUT2D eigenvalue weighted by molar-refractivity contribution is -0.192. The molecule has 0 radical (unpaired) electrons. The Bertz CT molecular complexity index is 389. The van der Waals surface area contributed by atoms with Gasteiger partial charge < -0.3 is 14.2 Å². The summed E-state index contributed by atoms with van der Waals surface area (Å²) in [7, 11) is 0. The highest BCUT2D eigenvalue weighted by Crippen LogP contribution is 2.42. The number of hydrogen-bond acceptors (Lipinski definition) is 5. The molecule has 5 nitrogen and oxygen atoms in total. The van der Waals surface area contributed by atoms with Crippen LogP contribution in [0.3, 0.4) is 0 Å². The van der Waals surface area contributed by atoms with Crippen molar-refractivity contribution in [3.8, 4) is 0 Å². The summed E-state index contributed by atoms with van der Waals surface area (Å²) >= 11 is 0. The molecule has 0 amide bonds. The monoisotopic (exact) mass is 254 g/mol. The number of ether oxygens (including phenoxy) is 3. The van der Waals surface area contributed by atoms with Crippen LogP contribution in [0.1, 0.15) is 33.1 Å². The second-order valence-corrected chi connectivity index (χ2v) is 5.18. The molecular formula is C13H18O5. The van der Waals surface area contributed by atoms with Crippen LogP contribution in [-0.4, -0.2) is 30.4 Å². The Morgan fingerprint density at radius 2 is 2.33 bits per heavy atom. The van der Waals surface area contributed by atoms with Gasteiger partial charge in [0.05, 0.1) is 5.92 Å². The van der Waals surface area contributed by atoms with Crippen LogP contribution in [0.2, 0.25) is 0 Å². The van der Waals surface area contributed by atoms with Crippen LogP contribution in [-0.2, 0) is 23.8 Å². The van der Waals surface area contributed by atoms with Gasteiger partial charge in [-0.15, -0.1) is 0 Å². The SMILES string of the molecule is C=C(C)C(=O)OCOC1(C)CCC2CC1OC2=O. The Kier molecular flexibility index (Phi) is 3.43. The third-order valence-electron chi connectivity index (χ3n) is 3.69. The number of hydrogen-bond donors (Lipinski definition) is 0. The first-order valence-electron chi connectivity index (χ1n) is 6.09. The van der Waals surface area contributed by atoms with Gasteiger partial charge in [0.25, 0.3) is 0 Å². The Hall–Kier alpha value is -1.36. The van der Waals surface area contributed by atoms with Crippen molar-refractivity contribution in [3.63, 3.8) is 0 Å². The van der Waals surface area contributed by atoms with Crippen molar-refractivity contribution in [2.24, 2.45) is 5.92 Å². The number of fused-ring (bicyclic) bond motifs is 2. The maximum absolute atomic E-state index is 11.4. The number of esters is 2. The third-order valence-corrected chi connectivity index (χ3v) is 3.69. The first-order valence-corrected chi connectivity index (χ1v) is 6.09. The maximum atomic E-state index is 11.4. The molecule has 3 atom stereocenters. The molecule has 3 unspecified atom stereocenters. The molecule has 0 aromatic carbocycles. The van der Waals surface area contributed by atoms with Gasteiger partial charge in [0.2, 0.25) is 0 Å². The van der Waals surface area contributed by atoms with E-state index in [-0.39, 0.29) is 24.8 Å². The average molecular weight is 254 g/mol. The molecule has 2 aliphatic rings. The molecule has 2 rings (SSSR count). The predicted molar refractivity (Wildman–Crippen MR) is 62.5 cm³/mol. The zero-order valence-electron chi connectivity index (χ0n) is 10.7. The van der Waals surface area contributed by atoms with Crippen LogP contribution < -0.4 is 0 Å². The zero-order valence-corrected chi connectivity index (χ0v) is 10.7. The van der Waals surface area contributed by atoms with E-state index in [1.165, 1.54) is 0 Å². The van der Waals surface area contributed by atoms with E-state index in [0.717, 1.165) is 12.8 Å². The van der Waals surface area contributed by atoms with Gasteiger partial charge in [-0.2, -0.15) is 0 Å². The minimum atomic E-state index is -0.558. The van der Waals surface area contributed by atoms with E-state index in [2.05, 4.69) is 6.58 Å². The summed E-state index contributed by atoms with van der Waals surface area (Å²) in [4.78, 5) is 22.7. The normalized spacial score (nSPS) is 34.0. The quantitative estimate of drug-likeness (QED) is 0.433. The van der Waals surface area contributed by atoms with Crippen molar-refractivity contribution in [1.29, 1.82) is 0 Å². The fourth-order valence-corrected chi connectivity index (χ4v) is 2.38. The van der Waals surface area contributed by atoms with E-state index in [4.69, 9.17) is 14.2 Å². The summed E-state index contributed by atoms with van der Waals surface area (Å²) in [6.07, 6.45) is 1.97. The van der Waals surface area contributed by atoms with Gasteiger partial charge in [0, 0.05) is 12.0 Å². The minimum absolute atomic E-state index is 0.0182. The Morgan fingerprint density at radius 1 is 1.61 bits per heavy atom. The smallest absolute Gasteiger partial charge is 0.335 e. The fraction of sp³-hybridized carbons (Fsp3) is 0.692. The molecule has 2 fully saturated rings. The van der Waals surface area contributed by atoms with Crippen LogP contribution in [0.4, 0.5) is 0 Å². The first-order chi connectivity index (χ1) is 8.42. The minimum Gasteiger partial charge on any atom is -0.459 e. The number of carbonyl (C=O) groups is 2. The van der Waals surface area contributed by atoms with Gasteiger partial charge in [-0.25, -0.2) is 4.79 Å². The Labute approximate surface area is 106 Å². The molecular weight excluding hydrogens is 236 g/mol. The van der Waals surface area contributed by atoms with E-state index in [0.29, 0.717) is 12.0 Å². The largest absolute Gasteiger partial charge is 0.459 e. The lowest BCUT2D eigenvalue weighted by Gasteiger charge is -2.36. The van der Waals surface area contributed by atoms with Crippen molar-refractivity contribution in [2.45, 2.75) is 44.8 Å².